The van der Waals surface area contributed by atoms with E-state index < -0.39 is 5.92 Å². The van der Waals surface area contributed by atoms with E-state index in [4.69, 9.17) is 25.8 Å². The summed E-state index contributed by atoms with van der Waals surface area (Å²) < 4.78 is 16.5. The first-order chi connectivity index (χ1) is 15.0. The van der Waals surface area contributed by atoms with Crippen LogP contribution in [0.4, 0.5) is 5.69 Å². The fourth-order valence-corrected chi connectivity index (χ4v) is 4.72. The molecule has 6 nitrogen and oxygen atoms in total. The lowest BCUT2D eigenvalue weighted by molar-refractivity contribution is -0.119. The number of Topliss-reactive ketones (excluding diaryl/α,β-unsaturated/α-hetero) is 1. The molecule has 1 amide bonds. The molecule has 162 valence electrons. The maximum absolute atomic E-state index is 13.4. The number of methoxy groups -OCH3 is 3. The standard InChI is InChI=1S/C24H24ClNO5/c1-29-20-13-22(31-3)21(30-2)11-14(20)15-12-23(28)26(17-8-5-4-7-16(17)25)18-9-6-10-19(27)24(15)18/h4-5,7-8,11,13,15H,6,9-10,12H2,1-3H3/t15-/m1/s1. The number of nitrogens with zero attached hydrogens (tertiary/aromatic N) is 1. The van der Waals surface area contributed by atoms with Gasteiger partial charge in [-0.15, -0.1) is 0 Å². The monoisotopic (exact) mass is 441 g/mol. The van der Waals surface area contributed by atoms with Crippen LogP contribution in [0.3, 0.4) is 0 Å². The average molecular weight is 442 g/mol. The van der Waals surface area contributed by atoms with Crippen LogP contribution in [0.2, 0.25) is 5.02 Å². The van der Waals surface area contributed by atoms with E-state index in [0.29, 0.717) is 52.8 Å². The first-order valence-electron chi connectivity index (χ1n) is 10.1. The van der Waals surface area contributed by atoms with Crippen LogP contribution in [-0.4, -0.2) is 33.0 Å². The molecule has 0 saturated heterocycles. The minimum Gasteiger partial charge on any atom is -0.496 e. The molecule has 2 aromatic carbocycles. The Labute approximate surface area is 186 Å². The highest BCUT2D eigenvalue weighted by Gasteiger charge is 2.41. The molecule has 1 aliphatic carbocycles. The maximum atomic E-state index is 13.4. The Morgan fingerprint density at radius 2 is 1.61 bits per heavy atom. The summed E-state index contributed by atoms with van der Waals surface area (Å²) in [4.78, 5) is 28.2. The lowest BCUT2D eigenvalue weighted by atomic mass is 9.76. The number of anilines is 1. The number of ketones is 1. The molecule has 0 bridgehead atoms. The van der Waals surface area contributed by atoms with Crippen LogP contribution in [0.5, 0.6) is 17.2 Å². The van der Waals surface area contributed by atoms with Crippen molar-refractivity contribution < 1.29 is 23.8 Å². The largest absolute Gasteiger partial charge is 0.496 e. The van der Waals surface area contributed by atoms with Crippen molar-refractivity contribution in [3.63, 3.8) is 0 Å². The molecular formula is C24H24ClNO5. The second-order valence-corrected chi connectivity index (χ2v) is 7.93. The Morgan fingerprint density at radius 3 is 2.29 bits per heavy atom. The summed E-state index contributed by atoms with van der Waals surface area (Å²) in [6.07, 6.45) is 1.91. The minimum absolute atomic E-state index is 0.0487. The predicted molar refractivity (Wildman–Crippen MR) is 118 cm³/mol. The summed E-state index contributed by atoms with van der Waals surface area (Å²) in [7, 11) is 4.66. The van der Waals surface area contributed by atoms with Gasteiger partial charge in [-0.2, -0.15) is 0 Å². The minimum atomic E-state index is -0.427. The van der Waals surface area contributed by atoms with Gasteiger partial charge in [0.15, 0.2) is 17.3 Å². The molecule has 0 N–H and O–H groups in total. The van der Waals surface area contributed by atoms with E-state index in [1.54, 1.807) is 50.5 Å². The fraction of sp³-hybridized carbons (Fsp3) is 0.333. The Bertz CT molecular complexity index is 1080. The summed E-state index contributed by atoms with van der Waals surface area (Å²) in [5.41, 5.74) is 2.71. The molecule has 0 spiro atoms. The maximum Gasteiger partial charge on any atom is 0.232 e. The zero-order chi connectivity index (χ0) is 22.1. The number of carbonyl (C=O) groups excluding carboxylic acids is 2. The fourth-order valence-electron chi connectivity index (χ4n) is 4.50. The van der Waals surface area contributed by atoms with Gasteiger partial charge in [0.2, 0.25) is 5.91 Å². The van der Waals surface area contributed by atoms with Gasteiger partial charge in [-0.3, -0.25) is 14.5 Å². The summed E-state index contributed by atoms with van der Waals surface area (Å²) in [5, 5.41) is 0.475. The van der Waals surface area contributed by atoms with Crippen LogP contribution in [0.25, 0.3) is 0 Å². The summed E-state index contributed by atoms with van der Waals surface area (Å²) >= 11 is 6.41. The van der Waals surface area contributed by atoms with E-state index in [1.807, 2.05) is 12.1 Å². The van der Waals surface area contributed by atoms with Crippen molar-refractivity contribution in [1.82, 2.24) is 0 Å². The molecule has 0 aromatic heterocycles. The van der Waals surface area contributed by atoms with E-state index in [2.05, 4.69) is 0 Å². The van der Waals surface area contributed by atoms with E-state index in [1.165, 1.54) is 0 Å². The van der Waals surface area contributed by atoms with Crippen LogP contribution in [0.1, 0.15) is 37.2 Å². The van der Waals surface area contributed by atoms with Crippen LogP contribution in [0, 0.1) is 0 Å². The highest BCUT2D eigenvalue weighted by molar-refractivity contribution is 6.34. The molecule has 2 aliphatic rings. The van der Waals surface area contributed by atoms with E-state index in [9.17, 15) is 9.59 Å². The Hall–Kier alpha value is -2.99. The highest BCUT2D eigenvalue weighted by atomic mass is 35.5. The molecule has 2 aromatic rings. The molecule has 1 aliphatic heterocycles. The number of allylic oxidation sites excluding steroid dienone is 2. The lowest BCUT2D eigenvalue weighted by Crippen LogP contribution is -2.40. The molecule has 1 heterocycles. The van der Waals surface area contributed by atoms with Crippen molar-refractivity contribution in [2.45, 2.75) is 31.6 Å². The first kappa shape index (κ1) is 21.2. The SMILES string of the molecule is COc1cc(OC)c([C@H]2CC(=O)N(c3ccccc3Cl)C3=C2C(=O)CCC3)cc1OC. The number of halogens is 1. The van der Waals surface area contributed by atoms with E-state index in [-0.39, 0.29) is 18.1 Å². The van der Waals surface area contributed by atoms with E-state index in [0.717, 1.165) is 11.3 Å². The number of ether oxygens (including phenoxy) is 3. The molecule has 0 saturated carbocycles. The third kappa shape index (κ3) is 3.65. The molecule has 0 radical (unpaired) electrons. The van der Waals surface area contributed by atoms with Gasteiger partial charge < -0.3 is 14.2 Å². The number of amides is 1. The molecule has 1 atom stereocenters. The van der Waals surface area contributed by atoms with Crippen molar-refractivity contribution in [3.05, 3.63) is 58.3 Å². The summed E-state index contributed by atoms with van der Waals surface area (Å²) in [5.74, 6) is 1.10. The number of para-hydroxylation sites is 1. The number of rotatable bonds is 5. The van der Waals surface area contributed by atoms with Gasteiger partial charge >= 0.3 is 0 Å². The normalized spacial score (nSPS) is 18.7. The second kappa shape index (κ2) is 8.63. The van der Waals surface area contributed by atoms with Gasteiger partial charge in [-0.1, -0.05) is 23.7 Å². The molecule has 31 heavy (non-hydrogen) atoms. The Balaban J connectivity index is 1.92. The third-order valence-corrected chi connectivity index (χ3v) is 6.20. The van der Waals surface area contributed by atoms with Crippen molar-refractivity contribution in [3.8, 4) is 17.2 Å². The third-order valence-electron chi connectivity index (χ3n) is 5.88. The molecule has 4 rings (SSSR count). The Morgan fingerprint density at radius 1 is 0.935 bits per heavy atom. The summed E-state index contributed by atoms with van der Waals surface area (Å²) in [6, 6.07) is 10.7. The molecule has 0 unspecified atom stereocenters. The molecular weight excluding hydrogens is 418 g/mol. The van der Waals surface area contributed by atoms with Crippen molar-refractivity contribution in [1.29, 1.82) is 0 Å². The number of hydrogen-bond donors (Lipinski definition) is 0. The van der Waals surface area contributed by atoms with Gasteiger partial charge in [0.1, 0.15) is 5.75 Å². The zero-order valence-electron chi connectivity index (χ0n) is 17.7. The number of hydrogen-bond acceptors (Lipinski definition) is 5. The average Bonchev–Trinajstić information content (AvgIpc) is 2.78. The second-order valence-electron chi connectivity index (χ2n) is 7.52. The van der Waals surface area contributed by atoms with Gasteiger partial charge in [-0.25, -0.2) is 0 Å². The molecule has 0 fully saturated rings. The highest BCUT2D eigenvalue weighted by Crippen LogP contribution is 2.48. The quantitative estimate of drug-likeness (QED) is 0.660. The number of benzene rings is 2. The predicted octanol–water partition coefficient (Wildman–Crippen LogP) is 4.89. The van der Waals surface area contributed by atoms with Crippen LogP contribution in [-0.2, 0) is 9.59 Å². The van der Waals surface area contributed by atoms with E-state index >= 15 is 0 Å². The van der Waals surface area contributed by atoms with Gasteiger partial charge in [0, 0.05) is 41.7 Å². The number of carbonyl (C=O) groups is 2. The van der Waals surface area contributed by atoms with Gasteiger partial charge in [-0.05, 0) is 31.0 Å². The van der Waals surface area contributed by atoms with Crippen LogP contribution in [0.15, 0.2) is 47.7 Å². The van der Waals surface area contributed by atoms with Gasteiger partial charge in [0.25, 0.3) is 0 Å². The Kier molecular flexibility index (Phi) is 5.92. The van der Waals surface area contributed by atoms with Crippen molar-refractivity contribution >= 4 is 29.0 Å². The summed E-state index contributed by atoms with van der Waals surface area (Å²) in [6.45, 7) is 0. The lowest BCUT2D eigenvalue weighted by Gasteiger charge is -2.39. The molecule has 7 heteroatoms. The topological polar surface area (TPSA) is 65.1 Å². The zero-order valence-corrected chi connectivity index (χ0v) is 18.5. The first-order valence-corrected chi connectivity index (χ1v) is 10.5. The van der Waals surface area contributed by atoms with Crippen molar-refractivity contribution in [2.75, 3.05) is 26.2 Å². The van der Waals surface area contributed by atoms with Gasteiger partial charge in [0.05, 0.1) is 32.0 Å². The smallest absolute Gasteiger partial charge is 0.232 e. The van der Waals surface area contributed by atoms with Crippen LogP contribution >= 0.6 is 11.6 Å². The van der Waals surface area contributed by atoms with Crippen molar-refractivity contribution in [2.24, 2.45) is 0 Å². The van der Waals surface area contributed by atoms with Crippen LogP contribution < -0.4 is 19.1 Å².